The summed E-state index contributed by atoms with van der Waals surface area (Å²) >= 11 is 1.37. The van der Waals surface area contributed by atoms with E-state index in [1.807, 2.05) is 25.3 Å². The molecule has 2 aromatic heterocycles. The second-order valence-electron chi connectivity index (χ2n) is 6.44. The zero-order valence-electron chi connectivity index (χ0n) is 15.8. The number of nitrogens with one attached hydrogen (secondary N) is 1. The number of nitrogens with zero attached hydrogens (tertiary/aromatic N) is 2. The molecule has 6 nitrogen and oxygen atoms in total. The number of anilines is 1. The van der Waals surface area contributed by atoms with Gasteiger partial charge in [-0.1, -0.05) is 6.07 Å². The summed E-state index contributed by atoms with van der Waals surface area (Å²) in [5.41, 5.74) is 4.08. The molecule has 1 N–H and O–H groups in total. The lowest BCUT2D eigenvalue weighted by molar-refractivity contribution is 0.0734. The number of amides is 1. The second kappa shape index (κ2) is 7.81. The first-order valence-electron chi connectivity index (χ1n) is 8.92. The Labute approximate surface area is 171 Å². The van der Waals surface area contributed by atoms with Gasteiger partial charge in [0, 0.05) is 5.69 Å². The fourth-order valence-corrected chi connectivity index (χ4v) is 3.35. The van der Waals surface area contributed by atoms with Crippen molar-refractivity contribution in [2.45, 2.75) is 13.8 Å². The number of ether oxygens (including phenoxy) is 1. The minimum atomic E-state index is -0.484. The predicted molar refractivity (Wildman–Crippen MR) is 113 cm³/mol. The number of carbonyl (C=O) groups is 2. The van der Waals surface area contributed by atoms with Gasteiger partial charge in [0.15, 0.2) is 0 Å². The third-order valence-electron chi connectivity index (χ3n) is 4.38. The highest BCUT2D eigenvalue weighted by molar-refractivity contribution is 7.12. The van der Waals surface area contributed by atoms with Crippen molar-refractivity contribution < 1.29 is 14.3 Å². The standard InChI is InChI=1S/C22H17N3O3S/c1-13-14(2)24-19-12-15(5-10-18(19)23-13)22(27)28-17-8-6-16(7-9-17)25-21(26)20-4-3-11-29-20/h3-12H,1-2H3,(H,25,26). The molecule has 0 atom stereocenters. The van der Waals surface area contributed by atoms with Crippen LogP contribution in [0.3, 0.4) is 0 Å². The minimum Gasteiger partial charge on any atom is -0.423 e. The fourth-order valence-electron chi connectivity index (χ4n) is 2.73. The number of fused-ring (bicyclic) bond motifs is 1. The molecule has 7 heteroatoms. The molecule has 0 aliphatic rings. The zero-order valence-corrected chi connectivity index (χ0v) is 16.6. The molecule has 144 valence electrons. The van der Waals surface area contributed by atoms with E-state index in [2.05, 4.69) is 15.3 Å². The fraction of sp³-hybridized carbons (Fsp3) is 0.0909. The van der Waals surface area contributed by atoms with Crippen molar-refractivity contribution in [1.82, 2.24) is 9.97 Å². The number of hydrogen-bond acceptors (Lipinski definition) is 6. The Morgan fingerprint density at radius 3 is 2.34 bits per heavy atom. The van der Waals surface area contributed by atoms with E-state index in [1.54, 1.807) is 48.5 Å². The van der Waals surface area contributed by atoms with Crippen LogP contribution in [-0.4, -0.2) is 21.8 Å². The molecule has 0 aliphatic heterocycles. The Morgan fingerprint density at radius 2 is 1.66 bits per heavy atom. The molecule has 0 saturated carbocycles. The van der Waals surface area contributed by atoms with Crippen molar-refractivity contribution in [3.05, 3.63) is 81.8 Å². The van der Waals surface area contributed by atoms with Crippen LogP contribution in [0.1, 0.15) is 31.4 Å². The molecular weight excluding hydrogens is 386 g/mol. The third kappa shape index (κ3) is 4.14. The van der Waals surface area contributed by atoms with Gasteiger partial charge in [0.1, 0.15) is 5.75 Å². The zero-order chi connectivity index (χ0) is 20.4. The number of thiophene rings is 1. The largest absolute Gasteiger partial charge is 0.423 e. The highest BCUT2D eigenvalue weighted by Gasteiger charge is 2.12. The van der Waals surface area contributed by atoms with Crippen LogP contribution < -0.4 is 10.1 Å². The normalized spacial score (nSPS) is 10.7. The van der Waals surface area contributed by atoms with E-state index in [0.717, 1.165) is 16.9 Å². The Balaban J connectivity index is 1.46. The smallest absolute Gasteiger partial charge is 0.343 e. The van der Waals surface area contributed by atoms with Gasteiger partial charge in [-0.3, -0.25) is 4.79 Å². The summed E-state index contributed by atoms with van der Waals surface area (Å²) in [5, 5.41) is 4.65. The molecule has 0 radical (unpaired) electrons. The van der Waals surface area contributed by atoms with Crippen molar-refractivity contribution in [3.8, 4) is 5.75 Å². The van der Waals surface area contributed by atoms with E-state index in [1.165, 1.54) is 11.3 Å². The van der Waals surface area contributed by atoms with E-state index in [-0.39, 0.29) is 5.91 Å². The summed E-state index contributed by atoms with van der Waals surface area (Å²) in [6.07, 6.45) is 0. The SMILES string of the molecule is Cc1nc2ccc(C(=O)Oc3ccc(NC(=O)c4cccs4)cc3)cc2nc1C. The molecule has 2 aromatic carbocycles. The van der Waals surface area contributed by atoms with Gasteiger partial charge in [0.2, 0.25) is 0 Å². The highest BCUT2D eigenvalue weighted by Crippen LogP contribution is 2.20. The maximum absolute atomic E-state index is 12.5. The van der Waals surface area contributed by atoms with Gasteiger partial charge >= 0.3 is 5.97 Å². The number of benzene rings is 2. The van der Waals surface area contributed by atoms with Gasteiger partial charge in [-0.25, -0.2) is 14.8 Å². The first-order chi connectivity index (χ1) is 14.0. The van der Waals surface area contributed by atoms with Crippen molar-refractivity contribution in [1.29, 1.82) is 0 Å². The molecule has 29 heavy (non-hydrogen) atoms. The number of hydrogen-bond donors (Lipinski definition) is 1. The molecule has 0 fully saturated rings. The van der Waals surface area contributed by atoms with Gasteiger partial charge in [-0.2, -0.15) is 0 Å². The van der Waals surface area contributed by atoms with E-state index < -0.39 is 5.97 Å². The Hall–Kier alpha value is -3.58. The maximum atomic E-state index is 12.5. The van der Waals surface area contributed by atoms with Gasteiger partial charge < -0.3 is 10.1 Å². The summed E-state index contributed by atoms with van der Waals surface area (Å²) in [7, 11) is 0. The van der Waals surface area contributed by atoms with Crippen LogP contribution in [0.4, 0.5) is 5.69 Å². The molecule has 4 aromatic rings. The average molecular weight is 403 g/mol. The van der Waals surface area contributed by atoms with Crippen LogP contribution >= 0.6 is 11.3 Å². The monoisotopic (exact) mass is 403 g/mol. The number of aromatic nitrogens is 2. The first-order valence-corrected chi connectivity index (χ1v) is 9.80. The van der Waals surface area contributed by atoms with Crippen molar-refractivity contribution in [2.24, 2.45) is 0 Å². The topological polar surface area (TPSA) is 81.2 Å². The van der Waals surface area contributed by atoms with Crippen LogP contribution in [0.15, 0.2) is 60.0 Å². The van der Waals surface area contributed by atoms with Crippen molar-refractivity contribution in [3.63, 3.8) is 0 Å². The van der Waals surface area contributed by atoms with E-state index >= 15 is 0 Å². The Kier molecular flexibility index (Phi) is 5.05. The molecule has 1 amide bonds. The number of rotatable bonds is 4. The van der Waals surface area contributed by atoms with Crippen LogP contribution in [0.2, 0.25) is 0 Å². The van der Waals surface area contributed by atoms with E-state index in [0.29, 0.717) is 27.4 Å². The molecule has 0 unspecified atom stereocenters. The predicted octanol–water partition coefficient (Wildman–Crippen LogP) is 4.78. The van der Waals surface area contributed by atoms with Crippen LogP contribution in [0.5, 0.6) is 5.75 Å². The quantitative estimate of drug-likeness (QED) is 0.392. The average Bonchev–Trinajstić information content (AvgIpc) is 3.25. The lowest BCUT2D eigenvalue weighted by atomic mass is 10.2. The van der Waals surface area contributed by atoms with Crippen LogP contribution in [0, 0.1) is 13.8 Å². The highest BCUT2D eigenvalue weighted by atomic mass is 32.1. The summed E-state index contributed by atoms with van der Waals surface area (Å²) in [5.74, 6) is -0.273. The van der Waals surface area contributed by atoms with Gasteiger partial charge in [-0.05, 0) is 67.8 Å². The number of esters is 1. The minimum absolute atomic E-state index is 0.174. The lowest BCUT2D eigenvalue weighted by Crippen LogP contribution is -2.11. The number of carbonyl (C=O) groups excluding carboxylic acids is 2. The summed E-state index contributed by atoms with van der Waals surface area (Å²) < 4.78 is 5.44. The Bertz CT molecular complexity index is 1200. The summed E-state index contributed by atoms with van der Waals surface area (Å²) in [6.45, 7) is 3.78. The van der Waals surface area contributed by atoms with Crippen LogP contribution in [-0.2, 0) is 0 Å². The molecule has 4 rings (SSSR count). The maximum Gasteiger partial charge on any atom is 0.343 e. The molecule has 0 spiro atoms. The summed E-state index contributed by atoms with van der Waals surface area (Å²) in [4.78, 5) is 34.1. The van der Waals surface area contributed by atoms with Crippen molar-refractivity contribution >= 4 is 39.9 Å². The van der Waals surface area contributed by atoms with Crippen molar-refractivity contribution in [2.75, 3.05) is 5.32 Å². The molecule has 0 aliphatic carbocycles. The van der Waals surface area contributed by atoms with Gasteiger partial charge in [0.05, 0.1) is 32.9 Å². The number of aryl methyl sites for hydroxylation is 2. The third-order valence-corrected chi connectivity index (χ3v) is 5.25. The van der Waals surface area contributed by atoms with E-state index in [4.69, 9.17) is 4.74 Å². The van der Waals surface area contributed by atoms with E-state index in [9.17, 15) is 9.59 Å². The molecule has 0 bridgehead atoms. The first kappa shape index (κ1) is 18.8. The van der Waals surface area contributed by atoms with Gasteiger partial charge in [0.25, 0.3) is 5.91 Å². The lowest BCUT2D eigenvalue weighted by Gasteiger charge is -2.08. The molecule has 2 heterocycles. The molecular formula is C22H17N3O3S. The van der Waals surface area contributed by atoms with Gasteiger partial charge in [-0.15, -0.1) is 11.3 Å². The van der Waals surface area contributed by atoms with Crippen LogP contribution in [0.25, 0.3) is 11.0 Å². The second-order valence-corrected chi connectivity index (χ2v) is 7.39. The summed E-state index contributed by atoms with van der Waals surface area (Å²) in [6, 6.07) is 15.3. The Morgan fingerprint density at radius 1 is 0.931 bits per heavy atom. The molecule has 0 saturated heterocycles.